The number of carbonyl (C=O) groups is 1. The zero-order valence-corrected chi connectivity index (χ0v) is 11.9. The van der Waals surface area contributed by atoms with Crippen molar-refractivity contribution in [2.75, 3.05) is 12.3 Å². The first kappa shape index (κ1) is 13.4. The van der Waals surface area contributed by atoms with Gasteiger partial charge in [-0.3, -0.25) is 4.79 Å². The predicted octanol–water partition coefficient (Wildman–Crippen LogP) is 3.27. The average molecular weight is 264 g/mol. The Kier molecular flexibility index (Phi) is 4.64. The zero-order valence-electron chi connectivity index (χ0n) is 11.1. The Balaban J connectivity index is 2.30. The van der Waals surface area contributed by atoms with Crippen LogP contribution in [-0.4, -0.2) is 28.1 Å². The highest BCUT2D eigenvalue weighted by Gasteiger charge is 2.27. The average Bonchev–Trinajstić information content (AvgIpc) is 2.40. The highest BCUT2D eigenvalue weighted by molar-refractivity contribution is 7.99. The van der Waals surface area contributed by atoms with Crippen LogP contribution in [0.5, 0.6) is 0 Å². The lowest BCUT2D eigenvalue weighted by molar-refractivity contribution is -0.132. The normalized spacial score (nSPS) is 19.9. The number of amides is 1. The molecule has 18 heavy (non-hydrogen) atoms. The highest BCUT2D eigenvalue weighted by atomic mass is 32.2. The van der Waals surface area contributed by atoms with E-state index in [-0.39, 0.29) is 11.9 Å². The number of pyridine rings is 1. The number of nitrogens with zero attached hydrogens (tertiary/aromatic N) is 2. The van der Waals surface area contributed by atoms with Crippen molar-refractivity contribution in [1.29, 1.82) is 0 Å². The van der Waals surface area contributed by atoms with Gasteiger partial charge in [0.25, 0.3) is 0 Å². The molecule has 1 unspecified atom stereocenters. The summed E-state index contributed by atoms with van der Waals surface area (Å²) in [5, 5.41) is 1.08. The summed E-state index contributed by atoms with van der Waals surface area (Å²) in [6, 6.07) is 4.32. The van der Waals surface area contributed by atoms with E-state index in [1.165, 1.54) is 12.0 Å². The molecule has 0 bridgehead atoms. The number of hydrogen-bond acceptors (Lipinski definition) is 3. The molecule has 2 rings (SSSR count). The van der Waals surface area contributed by atoms with Gasteiger partial charge < -0.3 is 4.90 Å². The molecular formula is C14H20N2OS. The van der Waals surface area contributed by atoms with E-state index < -0.39 is 0 Å². The first-order valence-corrected chi connectivity index (χ1v) is 7.57. The quantitative estimate of drug-likeness (QED) is 0.786. The van der Waals surface area contributed by atoms with Crippen LogP contribution in [0.4, 0.5) is 0 Å². The molecule has 1 saturated heterocycles. The molecule has 1 aliphatic rings. The second-order valence-electron chi connectivity index (χ2n) is 4.55. The Bertz CT molecular complexity index is 422. The molecule has 1 aromatic heterocycles. The third-order valence-corrected chi connectivity index (χ3v) is 4.25. The Hall–Kier alpha value is -1.03. The lowest BCUT2D eigenvalue weighted by Gasteiger charge is -2.36. The molecule has 1 amide bonds. The highest BCUT2D eigenvalue weighted by Crippen LogP contribution is 2.35. The molecule has 1 aromatic rings. The van der Waals surface area contributed by atoms with Gasteiger partial charge in [-0.05, 0) is 31.1 Å². The monoisotopic (exact) mass is 264 g/mol. The Labute approximate surface area is 113 Å². The number of aromatic nitrogens is 1. The van der Waals surface area contributed by atoms with Crippen molar-refractivity contribution in [2.24, 2.45) is 0 Å². The smallest absolute Gasteiger partial charge is 0.219 e. The predicted molar refractivity (Wildman–Crippen MR) is 74.6 cm³/mol. The number of rotatable bonds is 3. The molecule has 0 spiro atoms. The van der Waals surface area contributed by atoms with E-state index in [4.69, 9.17) is 0 Å². The number of thioether (sulfide) groups is 1. The maximum atomic E-state index is 11.8. The minimum absolute atomic E-state index is 0.177. The van der Waals surface area contributed by atoms with Crippen LogP contribution in [-0.2, 0) is 4.79 Å². The summed E-state index contributed by atoms with van der Waals surface area (Å²) in [6.45, 7) is 4.68. The van der Waals surface area contributed by atoms with Crippen LogP contribution in [0, 0.1) is 0 Å². The third-order valence-electron chi connectivity index (χ3n) is 3.35. The summed E-state index contributed by atoms with van der Waals surface area (Å²) in [6.07, 6.45) is 5.21. The fourth-order valence-electron chi connectivity index (χ4n) is 2.55. The molecule has 0 aromatic carbocycles. The van der Waals surface area contributed by atoms with Crippen molar-refractivity contribution in [3.05, 3.63) is 23.9 Å². The minimum Gasteiger partial charge on any atom is -0.336 e. The molecule has 0 N–H and O–H groups in total. The second-order valence-corrected chi connectivity index (χ2v) is 5.81. The largest absolute Gasteiger partial charge is 0.336 e. The standard InChI is InChI=1S/C14H20N2OS/c1-3-18-14-12(7-6-9-15-14)13-8-4-5-10-16(13)11(2)17/h6-7,9,13H,3-5,8,10H2,1-2H3. The molecule has 1 aliphatic heterocycles. The fraction of sp³-hybridized carbons (Fsp3) is 0.571. The first-order valence-electron chi connectivity index (χ1n) is 6.59. The van der Waals surface area contributed by atoms with Gasteiger partial charge in [-0.25, -0.2) is 4.98 Å². The molecule has 0 radical (unpaired) electrons. The van der Waals surface area contributed by atoms with Crippen LogP contribution in [0.3, 0.4) is 0 Å². The molecule has 2 heterocycles. The zero-order chi connectivity index (χ0) is 13.0. The molecule has 4 heteroatoms. The molecule has 3 nitrogen and oxygen atoms in total. The van der Waals surface area contributed by atoms with Gasteiger partial charge in [0.2, 0.25) is 5.91 Å². The lowest BCUT2D eigenvalue weighted by Crippen LogP contribution is -2.37. The second kappa shape index (κ2) is 6.23. The third kappa shape index (κ3) is 2.86. The number of hydrogen-bond donors (Lipinski definition) is 0. The van der Waals surface area contributed by atoms with Gasteiger partial charge in [0.15, 0.2) is 0 Å². The summed E-state index contributed by atoms with van der Waals surface area (Å²) >= 11 is 1.76. The van der Waals surface area contributed by atoms with Crippen LogP contribution in [0.15, 0.2) is 23.4 Å². The summed E-state index contributed by atoms with van der Waals surface area (Å²) in [4.78, 5) is 18.2. The van der Waals surface area contributed by atoms with Crippen molar-refractivity contribution >= 4 is 17.7 Å². The maximum absolute atomic E-state index is 11.8. The molecule has 98 valence electrons. The number of piperidine rings is 1. The van der Waals surface area contributed by atoms with E-state index in [2.05, 4.69) is 18.0 Å². The molecule has 0 saturated carbocycles. The Morgan fingerprint density at radius 3 is 3.11 bits per heavy atom. The van der Waals surface area contributed by atoms with Crippen molar-refractivity contribution in [3.8, 4) is 0 Å². The van der Waals surface area contributed by atoms with Crippen molar-refractivity contribution in [3.63, 3.8) is 0 Å². The van der Waals surface area contributed by atoms with Gasteiger partial charge in [0, 0.05) is 25.2 Å². The molecular weight excluding hydrogens is 244 g/mol. The van der Waals surface area contributed by atoms with E-state index in [0.717, 1.165) is 30.2 Å². The molecule has 0 aliphatic carbocycles. The van der Waals surface area contributed by atoms with Gasteiger partial charge in [0.05, 0.1) is 6.04 Å². The van der Waals surface area contributed by atoms with E-state index in [9.17, 15) is 4.79 Å². The summed E-state index contributed by atoms with van der Waals surface area (Å²) in [5.41, 5.74) is 1.22. The van der Waals surface area contributed by atoms with Crippen LogP contribution in [0.1, 0.15) is 44.7 Å². The van der Waals surface area contributed by atoms with Gasteiger partial charge in [-0.15, -0.1) is 11.8 Å². The van der Waals surface area contributed by atoms with Crippen molar-refractivity contribution < 1.29 is 4.79 Å². The van der Waals surface area contributed by atoms with E-state index in [0.29, 0.717) is 0 Å². The Morgan fingerprint density at radius 1 is 1.56 bits per heavy atom. The van der Waals surface area contributed by atoms with Gasteiger partial charge >= 0.3 is 0 Å². The number of likely N-dealkylation sites (tertiary alicyclic amines) is 1. The maximum Gasteiger partial charge on any atom is 0.219 e. The van der Waals surface area contributed by atoms with Crippen LogP contribution < -0.4 is 0 Å². The number of carbonyl (C=O) groups excluding carboxylic acids is 1. The summed E-state index contributed by atoms with van der Waals surface area (Å²) in [7, 11) is 0. The molecule has 1 fully saturated rings. The van der Waals surface area contributed by atoms with Crippen molar-refractivity contribution in [2.45, 2.75) is 44.2 Å². The summed E-state index contributed by atoms with van der Waals surface area (Å²) < 4.78 is 0. The van der Waals surface area contributed by atoms with Gasteiger partial charge in [0.1, 0.15) is 5.03 Å². The van der Waals surface area contributed by atoms with E-state index >= 15 is 0 Å². The fourth-order valence-corrected chi connectivity index (χ4v) is 3.33. The van der Waals surface area contributed by atoms with E-state index in [1.807, 2.05) is 17.2 Å². The van der Waals surface area contributed by atoms with Crippen LogP contribution in [0.25, 0.3) is 0 Å². The lowest BCUT2D eigenvalue weighted by atomic mass is 9.96. The minimum atomic E-state index is 0.177. The Morgan fingerprint density at radius 2 is 2.39 bits per heavy atom. The molecule has 1 atom stereocenters. The summed E-state index contributed by atoms with van der Waals surface area (Å²) in [5.74, 6) is 1.19. The van der Waals surface area contributed by atoms with Crippen molar-refractivity contribution in [1.82, 2.24) is 9.88 Å². The van der Waals surface area contributed by atoms with Crippen LogP contribution in [0.2, 0.25) is 0 Å². The van der Waals surface area contributed by atoms with Crippen LogP contribution >= 0.6 is 11.8 Å². The van der Waals surface area contributed by atoms with E-state index in [1.54, 1.807) is 18.7 Å². The van der Waals surface area contributed by atoms with Gasteiger partial charge in [-0.1, -0.05) is 13.0 Å². The van der Waals surface area contributed by atoms with Gasteiger partial charge in [-0.2, -0.15) is 0 Å². The first-order chi connectivity index (χ1) is 8.74. The SMILES string of the molecule is CCSc1ncccc1C1CCCCN1C(C)=O. The topological polar surface area (TPSA) is 33.2 Å².